The van der Waals surface area contributed by atoms with Gasteiger partial charge in [-0.1, -0.05) is 53.5 Å². The minimum Gasteiger partial charge on any atom is -0.483 e. The Labute approximate surface area is 166 Å². The number of carbonyl (C=O) groups is 2. The van der Waals surface area contributed by atoms with Crippen molar-refractivity contribution in [3.63, 3.8) is 0 Å². The molecule has 26 heavy (non-hydrogen) atoms. The second-order valence-electron chi connectivity index (χ2n) is 6.03. The molecule has 0 spiro atoms. The first-order chi connectivity index (χ1) is 12.3. The third-order valence-corrected chi connectivity index (χ3v) is 4.32. The Morgan fingerprint density at radius 3 is 2.38 bits per heavy atom. The molecule has 0 aliphatic carbocycles. The van der Waals surface area contributed by atoms with Crippen molar-refractivity contribution >= 4 is 39.3 Å². The minimum atomic E-state index is -0.438. The van der Waals surface area contributed by atoms with Crippen molar-refractivity contribution in [3.05, 3.63) is 63.1 Å². The Hall–Kier alpha value is -2.05. The number of amides is 2. The van der Waals surface area contributed by atoms with E-state index in [2.05, 4.69) is 26.8 Å². The molecule has 0 heterocycles. The molecular formula is C19H20BrClN2O3. The molecule has 2 aromatic carbocycles. The lowest BCUT2D eigenvalue weighted by molar-refractivity contribution is -0.129. The highest BCUT2D eigenvalue weighted by Crippen LogP contribution is 2.29. The standard InChI is InChI=1S/C19H20BrClN2O3/c1-12(2)16-10-14(20)5-8-17(16)26-11-19(25)23-22-18(24)9-13-3-6-15(21)7-4-13/h3-8,10,12H,9,11H2,1-2H3,(H,22,24)(H,23,25). The first-order valence-corrected chi connectivity index (χ1v) is 9.26. The summed E-state index contributed by atoms with van der Waals surface area (Å²) in [4.78, 5) is 23.7. The second kappa shape index (κ2) is 9.59. The average Bonchev–Trinajstić information content (AvgIpc) is 2.60. The van der Waals surface area contributed by atoms with Crippen LogP contribution >= 0.6 is 27.5 Å². The SMILES string of the molecule is CC(C)c1cc(Br)ccc1OCC(=O)NNC(=O)Cc1ccc(Cl)cc1. The molecule has 0 saturated carbocycles. The number of hydrogen-bond acceptors (Lipinski definition) is 3. The van der Waals surface area contributed by atoms with E-state index in [4.69, 9.17) is 16.3 Å². The third kappa shape index (κ3) is 6.35. The molecule has 2 aromatic rings. The van der Waals surface area contributed by atoms with Crippen LogP contribution in [-0.2, 0) is 16.0 Å². The summed E-state index contributed by atoms with van der Waals surface area (Å²) in [6.07, 6.45) is 0.141. The molecule has 7 heteroatoms. The van der Waals surface area contributed by atoms with Crippen molar-refractivity contribution in [2.24, 2.45) is 0 Å². The van der Waals surface area contributed by atoms with Gasteiger partial charge in [0, 0.05) is 9.50 Å². The Bertz CT molecular complexity index is 779. The zero-order valence-electron chi connectivity index (χ0n) is 14.5. The molecule has 0 aliphatic rings. The number of rotatable bonds is 6. The van der Waals surface area contributed by atoms with Crippen molar-refractivity contribution in [3.8, 4) is 5.75 Å². The fourth-order valence-corrected chi connectivity index (χ4v) is 2.76. The van der Waals surface area contributed by atoms with Crippen LogP contribution in [0.4, 0.5) is 0 Å². The van der Waals surface area contributed by atoms with E-state index in [9.17, 15) is 9.59 Å². The highest BCUT2D eigenvalue weighted by molar-refractivity contribution is 9.10. The van der Waals surface area contributed by atoms with E-state index in [-0.39, 0.29) is 24.9 Å². The summed E-state index contributed by atoms with van der Waals surface area (Å²) >= 11 is 9.23. The Morgan fingerprint density at radius 1 is 1.08 bits per heavy atom. The van der Waals surface area contributed by atoms with E-state index >= 15 is 0 Å². The molecule has 0 atom stereocenters. The maximum absolute atomic E-state index is 11.9. The smallest absolute Gasteiger partial charge is 0.276 e. The fraction of sp³-hybridized carbons (Fsp3) is 0.263. The molecule has 0 aromatic heterocycles. The van der Waals surface area contributed by atoms with E-state index in [1.165, 1.54) is 0 Å². The number of ether oxygens (including phenoxy) is 1. The molecule has 0 saturated heterocycles. The predicted molar refractivity (Wildman–Crippen MR) is 105 cm³/mol. The van der Waals surface area contributed by atoms with Gasteiger partial charge >= 0.3 is 0 Å². The lowest BCUT2D eigenvalue weighted by Crippen LogP contribution is -2.44. The number of hydrogen-bond donors (Lipinski definition) is 2. The van der Waals surface area contributed by atoms with E-state index in [1.54, 1.807) is 24.3 Å². The summed E-state index contributed by atoms with van der Waals surface area (Å²) in [5.74, 6) is 0.134. The van der Waals surface area contributed by atoms with Gasteiger partial charge in [0.25, 0.3) is 5.91 Å². The summed E-state index contributed by atoms with van der Waals surface area (Å²) in [5.41, 5.74) is 6.51. The monoisotopic (exact) mass is 438 g/mol. The first-order valence-electron chi connectivity index (χ1n) is 8.09. The second-order valence-corrected chi connectivity index (χ2v) is 7.38. The lowest BCUT2D eigenvalue weighted by Gasteiger charge is -2.14. The molecule has 138 valence electrons. The van der Waals surface area contributed by atoms with Crippen LogP contribution in [0.3, 0.4) is 0 Å². The normalized spacial score (nSPS) is 10.5. The van der Waals surface area contributed by atoms with Crippen LogP contribution in [0.5, 0.6) is 5.75 Å². The summed E-state index contributed by atoms with van der Waals surface area (Å²) in [6, 6.07) is 12.6. The van der Waals surface area contributed by atoms with Gasteiger partial charge in [-0.05, 0) is 47.4 Å². The number of nitrogens with one attached hydrogen (secondary N) is 2. The number of halogens is 2. The summed E-state index contributed by atoms with van der Waals surface area (Å²) in [6.45, 7) is 3.90. The Morgan fingerprint density at radius 2 is 1.73 bits per heavy atom. The van der Waals surface area contributed by atoms with Crippen molar-refractivity contribution in [1.82, 2.24) is 10.9 Å². The molecule has 0 unspecified atom stereocenters. The maximum Gasteiger partial charge on any atom is 0.276 e. The zero-order valence-corrected chi connectivity index (χ0v) is 16.9. The van der Waals surface area contributed by atoms with Gasteiger partial charge in [0.15, 0.2) is 6.61 Å². The highest BCUT2D eigenvalue weighted by atomic mass is 79.9. The largest absolute Gasteiger partial charge is 0.483 e. The van der Waals surface area contributed by atoms with Crippen LogP contribution < -0.4 is 15.6 Å². The van der Waals surface area contributed by atoms with Crippen LogP contribution in [0.15, 0.2) is 46.9 Å². The van der Waals surface area contributed by atoms with Crippen LogP contribution in [-0.4, -0.2) is 18.4 Å². The van der Waals surface area contributed by atoms with E-state index in [1.807, 2.05) is 32.0 Å². The molecule has 0 bridgehead atoms. The Kier molecular flexibility index (Phi) is 7.48. The lowest BCUT2D eigenvalue weighted by atomic mass is 10.0. The molecule has 2 N–H and O–H groups in total. The predicted octanol–water partition coefficient (Wildman–Crippen LogP) is 3.99. The molecular weight excluding hydrogens is 420 g/mol. The number of benzene rings is 2. The summed E-state index contributed by atoms with van der Waals surface area (Å²) < 4.78 is 6.53. The van der Waals surface area contributed by atoms with Crippen molar-refractivity contribution in [2.45, 2.75) is 26.2 Å². The quantitative estimate of drug-likeness (QED) is 0.669. The van der Waals surface area contributed by atoms with Gasteiger partial charge in [-0.25, -0.2) is 0 Å². The van der Waals surface area contributed by atoms with Crippen LogP contribution in [0.2, 0.25) is 5.02 Å². The Balaban J connectivity index is 1.80. The van der Waals surface area contributed by atoms with Crippen molar-refractivity contribution < 1.29 is 14.3 Å². The van der Waals surface area contributed by atoms with Crippen LogP contribution in [0.1, 0.15) is 30.9 Å². The minimum absolute atomic E-state index is 0.141. The zero-order chi connectivity index (χ0) is 19.1. The fourth-order valence-electron chi connectivity index (χ4n) is 2.25. The topological polar surface area (TPSA) is 67.4 Å². The molecule has 0 fully saturated rings. The molecule has 0 radical (unpaired) electrons. The van der Waals surface area contributed by atoms with E-state index in [0.717, 1.165) is 15.6 Å². The highest BCUT2D eigenvalue weighted by Gasteiger charge is 2.11. The third-order valence-electron chi connectivity index (χ3n) is 3.57. The van der Waals surface area contributed by atoms with Gasteiger partial charge in [-0.15, -0.1) is 0 Å². The summed E-state index contributed by atoms with van der Waals surface area (Å²) in [5, 5.41) is 0.605. The average molecular weight is 440 g/mol. The van der Waals surface area contributed by atoms with Crippen molar-refractivity contribution in [1.29, 1.82) is 0 Å². The molecule has 2 amide bonds. The molecule has 5 nitrogen and oxygen atoms in total. The van der Waals surface area contributed by atoms with Gasteiger partial charge in [0.2, 0.25) is 5.91 Å². The van der Waals surface area contributed by atoms with Crippen molar-refractivity contribution in [2.75, 3.05) is 6.61 Å². The van der Waals surface area contributed by atoms with Gasteiger partial charge in [0.1, 0.15) is 5.75 Å². The maximum atomic E-state index is 11.9. The van der Waals surface area contributed by atoms with Gasteiger partial charge in [-0.2, -0.15) is 0 Å². The number of carbonyl (C=O) groups excluding carboxylic acids is 2. The van der Waals surface area contributed by atoms with Crippen LogP contribution in [0, 0.1) is 0 Å². The van der Waals surface area contributed by atoms with E-state index in [0.29, 0.717) is 10.8 Å². The van der Waals surface area contributed by atoms with Crippen LogP contribution in [0.25, 0.3) is 0 Å². The number of hydrazine groups is 1. The summed E-state index contributed by atoms with van der Waals surface area (Å²) in [7, 11) is 0. The van der Waals surface area contributed by atoms with Gasteiger partial charge in [0.05, 0.1) is 6.42 Å². The van der Waals surface area contributed by atoms with Gasteiger partial charge < -0.3 is 4.74 Å². The van der Waals surface area contributed by atoms with Gasteiger partial charge in [-0.3, -0.25) is 20.4 Å². The van der Waals surface area contributed by atoms with E-state index < -0.39 is 5.91 Å². The first kappa shape index (κ1) is 20.3. The molecule has 0 aliphatic heterocycles. The molecule has 2 rings (SSSR count).